The van der Waals surface area contributed by atoms with Crippen LogP contribution in [0.4, 0.5) is 4.79 Å². The molecule has 2 aromatic rings. The fraction of sp³-hybridized carbons (Fsp3) is 0.385. The first kappa shape index (κ1) is 24.2. The summed E-state index contributed by atoms with van der Waals surface area (Å²) in [5.74, 6) is 0.668. The number of unbranched alkanes of at least 4 members (excludes halogenated alkanes) is 1. The van der Waals surface area contributed by atoms with Crippen molar-refractivity contribution in [3.8, 4) is 11.5 Å². The Morgan fingerprint density at radius 1 is 1.03 bits per heavy atom. The van der Waals surface area contributed by atoms with Crippen molar-refractivity contribution in [1.29, 1.82) is 0 Å². The minimum absolute atomic E-state index is 0.351. The number of nitrogens with one attached hydrogen (secondary N) is 2. The fourth-order valence-electron chi connectivity index (χ4n) is 3.71. The zero-order valence-electron chi connectivity index (χ0n) is 19.7. The molecule has 0 aliphatic carbocycles. The summed E-state index contributed by atoms with van der Waals surface area (Å²) in [5.41, 5.74) is 3.95. The number of amides is 2. The van der Waals surface area contributed by atoms with Gasteiger partial charge in [-0.05, 0) is 49.9 Å². The zero-order chi connectivity index (χ0) is 23.8. The van der Waals surface area contributed by atoms with E-state index in [0.717, 1.165) is 18.4 Å². The van der Waals surface area contributed by atoms with Crippen LogP contribution in [-0.2, 0) is 16.1 Å². The highest BCUT2D eigenvalue weighted by molar-refractivity contribution is 5.95. The number of aryl methyl sites for hydroxylation is 1. The van der Waals surface area contributed by atoms with Crippen molar-refractivity contribution in [2.45, 2.75) is 52.7 Å². The van der Waals surface area contributed by atoms with Crippen molar-refractivity contribution in [1.82, 2.24) is 10.6 Å². The summed E-state index contributed by atoms with van der Waals surface area (Å²) >= 11 is 0. The number of methoxy groups -OCH3 is 1. The summed E-state index contributed by atoms with van der Waals surface area (Å²) in [6.07, 6.45) is 2.37. The van der Waals surface area contributed by atoms with Gasteiger partial charge in [-0.3, -0.25) is 0 Å². The lowest BCUT2D eigenvalue weighted by atomic mass is 9.93. The Balaban J connectivity index is 1.92. The minimum atomic E-state index is -0.650. The number of allylic oxidation sites excluding steroid dienone is 1. The van der Waals surface area contributed by atoms with Gasteiger partial charge < -0.3 is 24.8 Å². The van der Waals surface area contributed by atoms with Gasteiger partial charge in [0.15, 0.2) is 11.5 Å². The van der Waals surface area contributed by atoms with E-state index in [1.807, 2.05) is 56.3 Å². The lowest BCUT2D eigenvalue weighted by Gasteiger charge is -2.29. The van der Waals surface area contributed by atoms with Crippen LogP contribution >= 0.6 is 0 Å². The van der Waals surface area contributed by atoms with E-state index in [-0.39, 0.29) is 6.03 Å². The molecule has 0 radical (unpaired) electrons. The number of benzene rings is 2. The first-order valence-electron chi connectivity index (χ1n) is 11.3. The molecule has 7 nitrogen and oxygen atoms in total. The number of hydrogen-bond acceptors (Lipinski definition) is 5. The monoisotopic (exact) mass is 452 g/mol. The van der Waals surface area contributed by atoms with Gasteiger partial charge in [0, 0.05) is 5.70 Å². The normalized spacial score (nSPS) is 15.5. The molecular weight excluding hydrogens is 420 g/mol. The van der Waals surface area contributed by atoms with Crippen molar-refractivity contribution in [2.24, 2.45) is 0 Å². The molecule has 1 atom stereocenters. The van der Waals surface area contributed by atoms with Gasteiger partial charge in [0.25, 0.3) is 0 Å². The van der Waals surface area contributed by atoms with E-state index in [9.17, 15) is 9.59 Å². The van der Waals surface area contributed by atoms with E-state index in [4.69, 9.17) is 14.2 Å². The van der Waals surface area contributed by atoms with E-state index in [1.54, 1.807) is 0 Å². The molecule has 0 bridgehead atoms. The topological polar surface area (TPSA) is 85.9 Å². The molecule has 1 aliphatic heterocycles. The van der Waals surface area contributed by atoms with Crippen LogP contribution in [0.15, 0.2) is 53.7 Å². The van der Waals surface area contributed by atoms with Crippen molar-refractivity contribution in [2.75, 3.05) is 13.7 Å². The average molecular weight is 453 g/mol. The lowest BCUT2D eigenvalue weighted by Crippen LogP contribution is -2.45. The molecule has 3 rings (SSSR count). The van der Waals surface area contributed by atoms with Gasteiger partial charge in [-0.1, -0.05) is 49.2 Å². The van der Waals surface area contributed by atoms with Crippen molar-refractivity contribution in [3.05, 3.63) is 70.4 Å². The highest BCUT2D eigenvalue weighted by Gasteiger charge is 2.33. The average Bonchev–Trinajstić information content (AvgIpc) is 2.82. The van der Waals surface area contributed by atoms with E-state index < -0.39 is 12.0 Å². The molecule has 0 spiro atoms. The molecular formula is C26H32N2O5. The van der Waals surface area contributed by atoms with Crippen LogP contribution in [0.3, 0.4) is 0 Å². The van der Waals surface area contributed by atoms with Gasteiger partial charge in [0.05, 0.1) is 25.3 Å². The second kappa shape index (κ2) is 11.4. The number of urea groups is 1. The van der Waals surface area contributed by atoms with Gasteiger partial charge >= 0.3 is 12.0 Å². The third-order valence-electron chi connectivity index (χ3n) is 5.46. The number of esters is 1. The molecule has 1 heterocycles. The molecule has 33 heavy (non-hydrogen) atoms. The Hall–Kier alpha value is -3.48. The Bertz CT molecular complexity index is 1010. The third kappa shape index (κ3) is 6.06. The van der Waals surface area contributed by atoms with Crippen LogP contribution < -0.4 is 20.1 Å². The molecule has 176 valence electrons. The lowest BCUT2D eigenvalue weighted by molar-refractivity contribution is -0.136. The summed E-state index contributed by atoms with van der Waals surface area (Å²) in [6, 6.07) is 12.6. The van der Waals surface area contributed by atoms with E-state index >= 15 is 0 Å². The maximum atomic E-state index is 12.7. The van der Waals surface area contributed by atoms with E-state index in [0.29, 0.717) is 48.0 Å². The van der Waals surface area contributed by atoms with Crippen LogP contribution in [-0.4, -0.2) is 25.7 Å². The van der Waals surface area contributed by atoms with Crippen molar-refractivity contribution < 1.29 is 23.8 Å². The van der Waals surface area contributed by atoms with Gasteiger partial charge in [0.2, 0.25) is 0 Å². The van der Waals surface area contributed by atoms with E-state index in [2.05, 4.69) is 17.6 Å². The third-order valence-corrected chi connectivity index (χ3v) is 5.46. The summed E-state index contributed by atoms with van der Waals surface area (Å²) < 4.78 is 16.9. The molecule has 0 saturated heterocycles. The smallest absolute Gasteiger partial charge is 0.337 e. The molecule has 2 aromatic carbocycles. The highest BCUT2D eigenvalue weighted by Crippen LogP contribution is 2.36. The standard InChI is InChI=1S/C26H32N2O5/c1-5-7-8-20-23(25(29)31-4)24(28-26(30)27-20)19-13-14-21(22(15-19)32-6-2)33-16-18-11-9-17(3)10-12-18/h9-15,24H,5-8,16H2,1-4H3,(H2,27,28,30). The molecule has 1 unspecified atom stereocenters. The maximum Gasteiger partial charge on any atom is 0.337 e. The summed E-state index contributed by atoms with van der Waals surface area (Å²) in [6.45, 7) is 6.84. The van der Waals surface area contributed by atoms with Crippen LogP contribution in [0, 0.1) is 6.92 Å². The highest BCUT2D eigenvalue weighted by atomic mass is 16.5. The molecule has 2 amide bonds. The Labute approximate surface area is 195 Å². The second-order valence-corrected chi connectivity index (χ2v) is 7.93. The Morgan fingerprint density at radius 3 is 2.45 bits per heavy atom. The summed E-state index contributed by atoms with van der Waals surface area (Å²) in [4.78, 5) is 25.0. The second-order valence-electron chi connectivity index (χ2n) is 7.93. The van der Waals surface area contributed by atoms with Gasteiger partial charge in [-0.15, -0.1) is 0 Å². The molecule has 7 heteroatoms. The Morgan fingerprint density at radius 2 is 1.79 bits per heavy atom. The summed E-state index contributed by atoms with van der Waals surface area (Å²) in [5, 5.41) is 5.63. The maximum absolute atomic E-state index is 12.7. The van der Waals surface area contributed by atoms with E-state index in [1.165, 1.54) is 12.7 Å². The Kier molecular flexibility index (Phi) is 8.35. The summed E-state index contributed by atoms with van der Waals surface area (Å²) in [7, 11) is 1.34. The quantitative estimate of drug-likeness (QED) is 0.499. The predicted molar refractivity (Wildman–Crippen MR) is 126 cm³/mol. The SMILES string of the molecule is CCCCC1=C(C(=O)OC)C(c2ccc(OCc3ccc(C)cc3)c(OCC)c2)NC(=O)N1. The van der Waals surface area contributed by atoms with Crippen LogP contribution in [0.5, 0.6) is 11.5 Å². The number of carbonyl (C=O) groups excluding carboxylic acids is 2. The van der Waals surface area contributed by atoms with Crippen molar-refractivity contribution in [3.63, 3.8) is 0 Å². The number of hydrogen-bond donors (Lipinski definition) is 2. The fourth-order valence-corrected chi connectivity index (χ4v) is 3.71. The first-order valence-corrected chi connectivity index (χ1v) is 11.3. The molecule has 0 fully saturated rings. The minimum Gasteiger partial charge on any atom is -0.490 e. The first-order chi connectivity index (χ1) is 16.0. The van der Waals surface area contributed by atoms with Crippen molar-refractivity contribution >= 4 is 12.0 Å². The van der Waals surface area contributed by atoms with Crippen LogP contribution in [0.2, 0.25) is 0 Å². The molecule has 0 saturated carbocycles. The van der Waals surface area contributed by atoms with Gasteiger partial charge in [-0.2, -0.15) is 0 Å². The molecule has 0 aromatic heterocycles. The molecule has 1 aliphatic rings. The number of carbonyl (C=O) groups is 2. The van der Waals surface area contributed by atoms with Crippen LogP contribution in [0.1, 0.15) is 55.8 Å². The van der Waals surface area contributed by atoms with Crippen LogP contribution in [0.25, 0.3) is 0 Å². The predicted octanol–water partition coefficient (Wildman–Crippen LogP) is 4.94. The number of rotatable bonds is 10. The zero-order valence-corrected chi connectivity index (χ0v) is 19.7. The molecule has 2 N–H and O–H groups in total. The number of ether oxygens (including phenoxy) is 3. The van der Waals surface area contributed by atoms with Gasteiger partial charge in [0.1, 0.15) is 6.61 Å². The largest absolute Gasteiger partial charge is 0.490 e. The van der Waals surface area contributed by atoms with Gasteiger partial charge in [-0.25, -0.2) is 9.59 Å².